The third-order valence-corrected chi connectivity index (χ3v) is 3.46. The van der Waals surface area contributed by atoms with Gasteiger partial charge in [-0.25, -0.2) is 4.68 Å². The number of aromatic nitrogens is 2. The minimum absolute atomic E-state index is 0.0303. The monoisotopic (exact) mass is 398 g/mol. The molecule has 0 radical (unpaired) electrons. The van der Waals surface area contributed by atoms with Crippen LogP contribution in [-0.4, -0.2) is 16.1 Å². The normalized spacial score (nSPS) is 11.7. The van der Waals surface area contributed by atoms with Gasteiger partial charge in [0.25, 0.3) is 0 Å². The molecule has 0 N–H and O–H groups in total. The lowest BCUT2D eigenvalue weighted by Crippen LogP contribution is -2.17. The highest BCUT2D eigenvalue weighted by Crippen LogP contribution is 2.38. The molecule has 0 spiro atoms. The maximum absolute atomic E-state index is 12.3. The summed E-state index contributed by atoms with van der Waals surface area (Å²) in [6.07, 6.45) is -4.77. The van der Waals surface area contributed by atoms with Gasteiger partial charge in [0, 0.05) is 0 Å². The third-order valence-electron chi connectivity index (χ3n) is 2.24. The number of alkyl halides is 3. The van der Waals surface area contributed by atoms with Crippen molar-refractivity contribution in [1.82, 2.24) is 9.78 Å². The van der Waals surface area contributed by atoms with Crippen molar-refractivity contribution in [3.8, 4) is 11.4 Å². The standard InChI is InChI=1S/C11H7Br2F3N2O/c1-6-2-4-7(5-3-6)18-10(13)8(9(12)17-18)19-11(14,15)16/h2-5H,1H3. The highest BCUT2D eigenvalue weighted by molar-refractivity contribution is 9.11. The molecule has 1 aromatic heterocycles. The van der Waals surface area contributed by atoms with Crippen LogP contribution in [0.5, 0.6) is 5.75 Å². The first-order valence-corrected chi connectivity index (χ1v) is 6.63. The minimum Gasteiger partial charge on any atom is -0.400 e. The van der Waals surface area contributed by atoms with Crippen LogP contribution in [0.4, 0.5) is 13.2 Å². The van der Waals surface area contributed by atoms with E-state index in [1.165, 1.54) is 4.68 Å². The first kappa shape index (κ1) is 14.4. The van der Waals surface area contributed by atoms with E-state index in [4.69, 9.17) is 0 Å². The van der Waals surface area contributed by atoms with E-state index in [0.29, 0.717) is 5.69 Å². The van der Waals surface area contributed by atoms with Crippen LogP contribution >= 0.6 is 31.9 Å². The lowest BCUT2D eigenvalue weighted by Gasteiger charge is -2.08. The molecule has 3 nitrogen and oxygen atoms in total. The Balaban J connectivity index is 2.44. The SMILES string of the molecule is Cc1ccc(-n2nc(Br)c(OC(F)(F)F)c2Br)cc1. The number of rotatable bonds is 2. The zero-order valence-electron chi connectivity index (χ0n) is 9.50. The van der Waals surface area contributed by atoms with E-state index in [2.05, 4.69) is 41.7 Å². The highest BCUT2D eigenvalue weighted by Gasteiger charge is 2.34. The summed E-state index contributed by atoms with van der Waals surface area (Å²) >= 11 is 6.00. The fourth-order valence-corrected chi connectivity index (χ4v) is 2.66. The van der Waals surface area contributed by atoms with Crippen LogP contribution in [0.3, 0.4) is 0 Å². The second kappa shape index (κ2) is 5.16. The molecule has 0 aliphatic carbocycles. The summed E-state index contributed by atoms with van der Waals surface area (Å²) in [6.45, 7) is 1.91. The second-order valence-electron chi connectivity index (χ2n) is 3.71. The molecule has 2 aromatic rings. The van der Waals surface area contributed by atoms with Crippen LogP contribution in [0.1, 0.15) is 5.56 Å². The lowest BCUT2D eigenvalue weighted by atomic mass is 10.2. The van der Waals surface area contributed by atoms with Gasteiger partial charge < -0.3 is 4.74 Å². The number of ether oxygens (including phenoxy) is 1. The first-order valence-electron chi connectivity index (χ1n) is 5.05. The molecule has 102 valence electrons. The van der Waals surface area contributed by atoms with E-state index >= 15 is 0 Å². The predicted molar refractivity (Wildman–Crippen MR) is 70.4 cm³/mol. The van der Waals surface area contributed by atoms with E-state index in [9.17, 15) is 13.2 Å². The Morgan fingerprint density at radius 2 is 1.74 bits per heavy atom. The Hall–Kier alpha value is -1.02. The predicted octanol–water partition coefficient (Wildman–Crippen LogP) is 4.60. The van der Waals surface area contributed by atoms with Gasteiger partial charge in [-0.3, -0.25) is 0 Å². The Kier molecular flexibility index (Phi) is 3.91. The van der Waals surface area contributed by atoms with Crippen LogP contribution in [0, 0.1) is 6.92 Å². The third kappa shape index (κ3) is 3.30. The molecule has 0 fully saturated rings. The molecule has 0 aliphatic rings. The fourth-order valence-electron chi connectivity index (χ4n) is 1.42. The van der Waals surface area contributed by atoms with Gasteiger partial charge in [0.2, 0.25) is 0 Å². The molecule has 0 saturated carbocycles. The molecule has 0 atom stereocenters. The molecular weight excluding hydrogens is 393 g/mol. The summed E-state index contributed by atoms with van der Waals surface area (Å²) in [5, 5.41) is 3.96. The average Bonchev–Trinajstić information content (AvgIpc) is 2.56. The summed E-state index contributed by atoms with van der Waals surface area (Å²) in [5.41, 5.74) is 1.66. The van der Waals surface area contributed by atoms with Gasteiger partial charge in [0.1, 0.15) is 0 Å². The zero-order valence-corrected chi connectivity index (χ0v) is 12.7. The molecule has 19 heavy (non-hydrogen) atoms. The number of benzene rings is 1. The van der Waals surface area contributed by atoms with Gasteiger partial charge in [-0.05, 0) is 50.9 Å². The van der Waals surface area contributed by atoms with E-state index < -0.39 is 12.1 Å². The molecule has 0 unspecified atom stereocenters. The smallest absolute Gasteiger partial charge is 0.400 e. The van der Waals surface area contributed by atoms with Gasteiger partial charge in [0.05, 0.1) is 5.69 Å². The van der Waals surface area contributed by atoms with Crippen molar-refractivity contribution in [2.75, 3.05) is 0 Å². The number of halogens is 5. The van der Waals surface area contributed by atoms with Crippen molar-refractivity contribution in [1.29, 1.82) is 0 Å². The second-order valence-corrected chi connectivity index (χ2v) is 5.21. The van der Waals surface area contributed by atoms with E-state index in [1.54, 1.807) is 12.1 Å². The van der Waals surface area contributed by atoms with E-state index in [1.807, 2.05) is 19.1 Å². The maximum atomic E-state index is 12.3. The molecule has 1 aromatic carbocycles. The van der Waals surface area contributed by atoms with E-state index in [-0.39, 0.29) is 9.21 Å². The fraction of sp³-hybridized carbons (Fsp3) is 0.182. The first-order chi connectivity index (χ1) is 8.78. The molecule has 0 bridgehead atoms. The number of hydrogen-bond donors (Lipinski definition) is 0. The minimum atomic E-state index is -4.77. The van der Waals surface area contributed by atoms with Gasteiger partial charge >= 0.3 is 6.36 Å². The summed E-state index contributed by atoms with van der Waals surface area (Å²) in [7, 11) is 0. The number of hydrogen-bond acceptors (Lipinski definition) is 2. The lowest BCUT2D eigenvalue weighted by molar-refractivity contribution is -0.275. The van der Waals surface area contributed by atoms with Gasteiger partial charge in [-0.1, -0.05) is 17.7 Å². The molecule has 0 saturated heterocycles. The van der Waals surface area contributed by atoms with Crippen LogP contribution in [0.2, 0.25) is 0 Å². The molecule has 1 heterocycles. The Morgan fingerprint density at radius 1 is 1.16 bits per heavy atom. The average molecular weight is 400 g/mol. The van der Waals surface area contributed by atoms with E-state index in [0.717, 1.165) is 5.56 Å². The van der Waals surface area contributed by atoms with Gasteiger partial charge in [-0.2, -0.15) is 5.10 Å². The zero-order chi connectivity index (χ0) is 14.2. The van der Waals surface area contributed by atoms with Crippen molar-refractivity contribution in [2.24, 2.45) is 0 Å². The van der Waals surface area contributed by atoms with Crippen LogP contribution in [0.15, 0.2) is 33.5 Å². The number of nitrogens with zero attached hydrogens (tertiary/aromatic N) is 2. The molecule has 0 aliphatic heterocycles. The van der Waals surface area contributed by atoms with Gasteiger partial charge in [-0.15, -0.1) is 13.2 Å². The van der Waals surface area contributed by atoms with Crippen LogP contribution < -0.4 is 4.74 Å². The maximum Gasteiger partial charge on any atom is 0.573 e. The summed E-state index contributed by atoms with van der Waals surface area (Å²) in [4.78, 5) is 0. The largest absolute Gasteiger partial charge is 0.573 e. The Bertz CT molecular complexity index is 593. The Labute approximate surface area is 123 Å². The van der Waals surface area contributed by atoms with Crippen LogP contribution in [-0.2, 0) is 0 Å². The molecular formula is C11H7Br2F3N2O. The summed E-state index contributed by atoms with van der Waals surface area (Å²) in [6, 6.07) is 7.16. The number of aryl methyl sites for hydroxylation is 1. The van der Waals surface area contributed by atoms with Gasteiger partial charge in [0.15, 0.2) is 15.0 Å². The highest BCUT2D eigenvalue weighted by atomic mass is 79.9. The Morgan fingerprint density at radius 3 is 2.26 bits per heavy atom. The van der Waals surface area contributed by atoms with Crippen molar-refractivity contribution >= 4 is 31.9 Å². The van der Waals surface area contributed by atoms with Crippen molar-refractivity contribution in [3.05, 3.63) is 39.0 Å². The van der Waals surface area contributed by atoms with Crippen LogP contribution in [0.25, 0.3) is 5.69 Å². The molecule has 2 rings (SSSR count). The quantitative estimate of drug-likeness (QED) is 0.737. The summed E-state index contributed by atoms with van der Waals surface area (Å²) in [5.74, 6) is -0.409. The van der Waals surface area contributed by atoms with Crippen molar-refractivity contribution < 1.29 is 17.9 Å². The van der Waals surface area contributed by atoms with Crippen molar-refractivity contribution in [3.63, 3.8) is 0 Å². The molecule has 8 heteroatoms. The summed E-state index contributed by atoms with van der Waals surface area (Å²) < 4.78 is 42.1. The van der Waals surface area contributed by atoms with Crippen molar-refractivity contribution in [2.45, 2.75) is 13.3 Å². The topological polar surface area (TPSA) is 27.1 Å². The molecule has 0 amide bonds.